The predicted molar refractivity (Wildman–Crippen MR) is 69.6 cm³/mol. The van der Waals surface area contributed by atoms with Crippen LogP contribution in [0, 0.1) is 0 Å². The first-order valence-electron chi connectivity index (χ1n) is 5.56. The van der Waals surface area contributed by atoms with Crippen molar-refractivity contribution in [1.82, 2.24) is 9.97 Å². The van der Waals surface area contributed by atoms with E-state index in [0.717, 1.165) is 5.82 Å². The SMILES string of the molecule is CCC(C)Sc1ccccc1-c1ncc[nH]1. The minimum atomic E-state index is 0.635. The van der Waals surface area contributed by atoms with Crippen molar-refractivity contribution in [2.24, 2.45) is 0 Å². The molecule has 2 nitrogen and oxygen atoms in total. The van der Waals surface area contributed by atoms with E-state index in [4.69, 9.17) is 0 Å². The molecule has 0 aliphatic carbocycles. The van der Waals surface area contributed by atoms with Crippen LogP contribution < -0.4 is 0 Å². The van der Waals surface area contributed by atoms with Crippen LogP contribution in [-0.2, 0) is 0 Å². The van der Waals surface area contributed by atoms with E-state index in [-0.39, 0.29) is 0 Å². The van der Waals surface area contributed by atoms with Gasteiger partial charge in [0.25, 0.3) is 0 Å². The Morgan fingerprint density at radius 3 is 2.88 bits per heavy atom. The van der Waals surface area contributed by atoms with Crippen molar-refractivity contribution in [3.63, 3.8) is 0 Å². The number of nitrogens with one attached hydrogen (secondary N) is 1. The second-order valence-corrected chi connectivity index (χ2v) is 5.25. The summed E-state index contributed by atoms with van der Waals surface area (Å²) in [6, 6.07) is 8.41. The van der Waals surface area contributed by atoms with E-state index in [1.54, 1.807) is 6.20 Å². The highest BCUT2D eigenvalue weighted by atomic mass is 32.2. The first-order chi connectivity index (χ1) is 7.81. The monoisotopic (exact) mass is 232 g/mol. The molecule has 0 aliphatic heterocycles. The van der Waals surface area contributed by atoms with Gasteiger partial charge in [-0.3, -0.25) is 0 Å². The Bertz CT molecular complexity index is 437. The fraction of sp³-hybridized carbons (Fsp3) is 0.308. The molecule has 1 heterocycles. The molecule has 2 aromatic rings. The summed E-state index contributed by atoms with van der Waals surface area (Å²) in [5.41, 5.74) is 1.19. The summed E-state index contributed by atoms with van der Waals surface area (Å²) in [6.07, 6.45) is 4.83. The number of nitrogens with zero attached hydrogens (tertiary/aromatic N) is 1. The van der Waals surface area contributed by atoms with Gasteiger partial charge in [0.05, 0.1) is 0 Å². The van der Waals surface area contributed by atoms with Crippen LogP contribution in [0.1, 0.15) is 20.3 Å². The van der Waals surface area contributed by atoms with Crippen molar-refractivity contribution in [3.05, 3.63) is 36.7 Å². The Labute approximate surface area is 101 Å². The number of hydrogen-bond acceptors (Lipinski definition) is 2. The van der Waals surface area contributed by atoms with Gasteiger partial charge in [0.1, 0.15) is 5.82 Å². The molecule has 1 aromatic heterocycles. The minimum Gasteiger partial charge on any atom is -0.345 e. The van der Waals surface area contributed by atoms with Gasteiger partial charge in [0.15, 0.2) is 0 Å². The van der Waals surface area contributed by atoms with Crippen LogP contribution in [0.2, 0.25) is 0 Å². The average Bonchev–Trinajstić information content (AvgIpc) is 2.83. The standard InChI is InChI=1S/C13H16N2S/c1-3-10(2)16-12-7-5-4-6-11(12)13-14-8-9-15-13/h4-10H,3H2,1-2H3,(H,14,15). The Hall–Kier alpha value is -1.22. The van der Waals surface area contributed by atoms with Gasteiger partial charge in [0.2, 0.25) is 0 Å². The van der Waals surface area contributed by atoms with E-state index in [1.165, 1.54) is 16.9 Å². The summed E-state index contributed by atoms with van der Waals surface area (Å²) in [7, 11) is 0. The zero-order chi connectivity index (χ0) is 11.4. The Morgan fingerprint density at radius 2 is 2.19 bits per heavy atom. The van der Waals surface area contributed by atoms with Crippen molar-refractivity contribution < 1.29 is 0 Å². The van der Waals surface area contributed by atoms with Crippen LogP contribution in [0.3, 0.4) is 0 Å². The van der Waals surface area contributed by atoms with Crippen LogP contribution in [-0.4, -0.2) is 15.2 Å². The molecule has 0 saturated carbocycles. The minimum absolute atomic E-state index is 0.635. The Kier molecular flexibility index (Phi) is 3.67. The number of aromatic amines is 1. The molecule has 2 rings (SSSR count). The molecular weight excluding hydrogens is 216 g/mol. The molecule has 0 spiro atoms. The molecule has 0 radical (unpaired) electrons. The molecule has 1 aromatic carbocycles. The van der Waals surface area contributed by atoms with Gasteiger partial charge in [-0.15, -0.1) is 11.8 Å². The van der Waals surface area contributed by atoms with E-state index in [9.17, 15) is 0 Å². The molecule has 84 valence electrons. The maximum Gasteiger partial charge on any atom is 0.138 e. The molecule has 16 heavy (non-hydrogen) atoms. The van der Waals surface area contributed by atoms with Gasteiger partial charge in [-0.25, -0.2) is 4.98 Å². The van der Waals surface area contributed by atoms with E-state index >= 15 is 0 Å². The molecule has 0 amide bonds. The maximum absolute atomic E-state index is 4.31. The fourth-order valence-electron chi connectivity index (χ4n) is 1.48. The maximum atomic E-state index is 4.31. The lowest BCUT2D eigenvalue weighted by Crippen LogP contribution is -1.93. The van der Waals surface area contributed by atoms with Crippen molar-refractivity contribution in [1.29, 1.82) is 0 Å². The number of imidazole rings is 1. The number of benzene rings is 1. The van der Waals surface area contributed by atoms with E-state index in [2.05, 4.69) is 48.1 Å². The largest absolute Gasteiger partial charge is 0.345 e. The molecule has 0 bridgehead atoms. The number of H-pyrrole nitrogens is 1. The molecule has 1 atom stereocenters. The molecule has 0 fully saturated rings. The number of thioether (sulfide) groups is 1. The van der Waals surface area contributed by atoms with E-state index < -0.39 is 0 Å². The quantitative estimate of drug-likeness (QED) is 0.808. The smallest absolute Gasteiger partial charge is 0.138 e. The summed E-state index contributed by atoms with van der Waals surface area (Å²) in [4.78, 5) is 8.77. The van der Waals surface area contributed by atoms with Crippen LogP contribution in [0.5, 0.6) is 0 Å². The first-order valence-corrected chi connectivity index (χ1v) is 6.44. The highest BCUT2D eigenvalue weighted by Gasteiger charge is 2.09. The molecule has 1 N–H and O–H groups in total. The van der Waals surface area contributed by atoms with Gasteiger partial charge in [0, 0.05) is 28.1 Å². The number of hydrogen-bond donors (Lipinski definition) is 1. The first kappa shape index (κ1) is 11.3. The van der Waals surface area contributed by atoms with E-state index in [1.807, 2.05) is 18.0 Å². The third kappa shape index (κ3) is 2.47. The van der Waals surface area contributed by atoms with Gasteiger partial charge in [-0.2, -0.15) is 0 Å². The van der Waals surface area contributed by atoms with Crippen molar-refractivity contribution >= 4 is 11.8 Å². The van der Waals surface area contributed by atoms with Crippen LogP contribution >= 0.6 is 11.8 Å². The van der Waals surface area contributed by atoms with Gasteiger partial charge in [-0.05, 0) is 12.5 Å². The normalized spacial score (nSPS) is 12.6. The topological polar surface area (TPSA) is 28.7 Å². The highest BCUT2D eigenvalue weighted by molar-refractivity contribution is 8.00. The molecule has 3 heteroatoms. The Balaban J connectivity index is 2.31. The summed E-state index contributed by atoms with van der Waals surface area (Å²) >= 11 is 1.91. The molecular formula is C13H16N2S. The fourth-order valence-corrected chi connectivity index (χ4v) is 2.53. The predicted octanol–water partition coefficient (Wildman–Crippen LogP) is 3.97. The van der Waals surface area contributed by atoms with E-state index in [0.29, 0.717) is 5.25 Å². The molecule has 0 aliphatic rings. The lowest BCUT2D eigenvalue weighted by atomic mass is 10.2. The lowest BCUT2D eigenvalue weighted by Gasteiger charge is -2.11. The number of aromatic nitrogens is 2. The highest BCUT2D eigenvalue weighted by Crippen LogP contribution is 2.32. The molecule has 1 unspecified atom stereocenters. The summed E-state index contributed by atoms with van der Waals surface area (Å²) < 4.78 is 0. The third-order valence-electron chi connectivity index (χ3n) is 2.54. The summed E-state index contributed by atoms with van der Waals surface area (Å²) in [6.45, 7) is 4.47. The zero-order valence-electron chi connectivity index (χ0n) is 9.60. The second kappa shape index (κ2) is 5.21. The van der Waals surface area contributed by atoms with Crippen LogP contribution in [0.25, 0.3) is 11.4 Å². The summed E-state index contributed by atoms with van der Waals surface area (Å²) in [5.74, 6) is 0.950. The zero-order valence-corrected chi connectivity index (χ0v) is 10.4. The van der Waals surface area contributed by atoms with Crippen molar-refractivity contribution in [2.45, 2.75) is 30.4 Å². The summed E-state index contributed by atoms with van der Waals surface area (Å²) in [5, 5.41) is 0.635. The van der Waals surface area contributed by atoms with Crippen LogP contribution in [0.15, 0.2) is 41.6 Å². The molecule has 0 saturated heterocycles. The number of rotatable bonds is 4. The van der Waals surface area contributed by atoms with Gasteiger partial charge < -0.3 is 4.98 Å². The van der Waals surface area contributed by atoms with Crippen molar-refractivity contribution in [3.8, 4) is 11.4 Å². The average molecular weight is 232 g/mol. The van der Waals surface area contributed by atoms with Crippen LogP contribution in [0.4, 0.5) is 0 Å². The Morgan fingerprint density at radius 1 is 1.38 bits per heavy atom. The van der Waals surface area contributed by atoms with Gasteiger partial charge >= 0.3 is 0 Å². The lowest BCUT2D eigenvalue weighted by molar-refractivity contribution is 0.905. The van der Waals surface area contributed by atoms with Crippen molar-refractivity contribution in [2.75, 3.05) is 0 Å². The van der Waals surface area contributed by atoms with Gasteiger partial charge in [-0.1, -0.05) is 32.0 Å². The second-order valence-electron chi connectivity index (χ2n) is 3.77. The third-order valence-corrected chi connectivity index (χ3v) is 3.89.